The second-order valence-corrected chi connectivity index (χ2v) is 7.13. The summed E-state index contributed by atoms with van der Waals surface area (Å²) in [5.74, 6) is -0.572. The Morgan fingerprint density at radius 2 is 1.72 bits per heavy atom. The summed E-state index contributed by atoms with van der Waals surface area (Å²) in [4.78, 5) is 12.0. The van der Waals surface area contributed by atoms with Gasteiger partial charge in [0.05, 0.1) is 4.90 Å². The Morgan fingerprint density at radius 3 is 2.28 bits per heavy atom. The van der Waals surface area contributed by atoms with E-state index in [9.17, 15) is 17.6 Å². The molecule has 0 bridgehead atoms. The number of allylic oxidation sites excluding steroid dienone is 1. The predicted molar refractivity (Wildman–Crippen MR) is 94.6 cm³/mol. The average Bonchev–Trinajstić information content (AvgIpc) is 2.55. The van der Waals surface area contributed by atoms with E-state index < -0.39 is 10.0 Å². The van der Waals surface area contributed by atoms with Gasteiger partial charge in [-0.05, 0) is 54.3 Å². The van der Waals surface area contributed by atoms with Crippen LogP contribution in [0.3, 0.4) is 0 Å². The van der Waals surface area contributed by atoms with E-state index in [0.29, 0.717) is 13.0 Å². The van der Waals surface area contributed by atoms with Crippen LogP contribution in [-0.2, 0) is 21.2 Å². The lowest BCUT2D eigenvalue weighted by molar-refractivity contribution is -0.116. The summed E-state index contributed by atoms with van der Waals surface area (Å²) >= 11 is 0. The van der Waals surface area contributed by atoms with Crippen LogP contribution in [0.1, 0.15) is 18.1 Å². The topological polar surface area (TPSA) is 89.3 Å². The third-order valence-electron chi connectivity index (χ3n) is 3.61. The predicted octanol–water partition coefficient (Wildman–Crippen LogP) is 2.24. The molecule has 0 atom stereocenters. The van der Waals surface area contributed by atoms with E-state index in [1.807, 2.05) is 0 Å². The van der Waals surface area contributed by atoms with E-state index in [1.165, 1.54) is 30.3 Å². The Morgan fingerprint density at radius 1 is 1.12 bits per heavy atom. The number of amides is 1. The molecule has 3 N–H and O–H groups in total. The number of carbonyl (C=O) groups excluding carboxylic acids is 1. The van der Waals surface area contributed by atoms with Crippen LogP contribution >= 0.6 is 0 Å². The summed E-state index contributed by atoms with van der Waals surface area (Å²) < 4.78 is 35.3. The molecule has 0 aromatic heterocycles. The Labute approximate surface area is 146 Å². The molecule has 0 radical (unpaired) electrons. The first-order chi connectivity index (χ1) is 11.8. The van der Waals surface area contributed by atoms with E-state index in [1.54, 1.807) is 31.2 Å². The van der Waals surface area contributed by atoms with Crippen LogP contribution in [0.4, 0.5) is 4.39 Å². The second-order valence-electron chi connectivity index (χ2n) is 5.56. The van der Waals surface area contributed by atoms with Gasteiger partial charge in [0.15, 0.2) is 0 Å². The molecule has 0 aliphatic heterocycles. The number of hydrogen-bond donors (Lipinski definition) is 2. The van der Waals surface area contributed by atoms with Crippen molar-refractivity contribution < 1.29 is 17.6 Å². The van der Waals surface area contributed by atoms with Crippen LogP contribution in [-0.4, -0.2) is 20.9 Å². The summed E-state index contributed by atoms with van der Waals surface area (Å²) in [5, 5.41) is 7.79. The van der Waals surface area contributed by atoms with Crippen molar-refractivity contribution in [3.8, 4) is 0 Å². The van der Waals surface area contributed by atoms with Gasteiger partial charge in [0.2, 0.25) is 15.9 Å². The quantitative estimate of drug-likeness (QED) is 0.772. The highest BCUT2D eigenvalue weighted by Gasteiger charge is 2.07. The molecule has 0 aliphatic carbocycles. The van der Waals surface area contributed by atoms with Gasteiger partial charge in [0, 0.05) is 12.6 Å². The third-order valence-corrected chi connectivity index (χ3v) is 4.54. The number of rotatable bonds is 6. The van der Waals surface area contributed by atoms with Crippen LogP contribution in [0.25, 0.3) is 5.57 Å². The fourth-order valence-electron chi connectivity index (χ4n) is 2.22. The van der Waals surface area contributed by atoms with Crippen LogP contribution < -0.4 is 10.5 Å². The normalized spacial score (nSPS) is 12.0. The largest absolute Gasteiger partial charge is 0.352 e. The molecule has 0 heterocycles. The molecule has 1 amide bonds. The van der Waals surface area contributed by atoms with Gasteiger partial charge in [0.1, 0.15) is 5.82 Å². The summed E-state index contributed by atoms with van der Waals surface area (Å²) in [5.41, 5.74) is 2.39. The number of nitrogens with one attached hydrogen (secondary N) is 1. The number of nitrogens with two attached hydrogens (primary N) is 1. The Balaban J connectivity index is 1.87. The van der Waals surface area contributed by atoms with Crippen molar-refractivity contribution in [2.24, 2.45) is 5.14 Å². The van der Waals surface area contributed by atoms with Gasteiger partial charge < -0.3 is 5.32 Å². The lowest BCUT2D eigenvalue weighted by Crippen LogP contribution is -2.23. The highest BCUT2D eigenvalue weighted by molar-refractivity contribution is 7.89. The maximum Gasteiger partial charge on any atom is 0.244 e. The number of hydrogen-bond acceptors (Lipinski definition) is 3. The summed E-state index contributed by atoms with van der Waals surface area (Å²) in [7, 11) is -3.70. The smallest absolute Gasteiger partial charge is 0.244 e. The monoisotopic (exact) mass is 362 g/mol. The van der Waals surface area contributed by atoms with Crippen molar-refractivity contribution in [3.05, 3.63) is 71.6 Å². The molecule has 0 fully saturated rings. The van der Waals surface area contributed by atoms with Gasteiger partial charge in [-0.15, -0.1) is 0 Å². The number of sulfonamides is 1. The number of benzene rings is 2. The van der Waals surface area contributed by atoms with Crippen molar-refractivity contribution >= 4 is 21.5 Å². The molecule has 25 heavy (non-hydrogen) atoms. The third kappa shape index (κ3) is 5.81. The molecule has 0 aliphatic rings. The Kier molecular flexibility index (Phi) is 6.06. The molecule has 7 heteroatoms. The first kappa shape index (κ1) is 18.8. The minimum absolute atomic E-state index is 0.0538. The molecular weight excluding hydrogens is 343 g/mol. The average molecular weight is 362 g/mol. The summed E-state index contributed by atoms with van der Waals surface area (Å²) in [6, 6.07) is 12.1. The van der Waals surface area contributed by atoms with E-state index in [0.717, 1.165) is 16.7 Å². The maximum absolute atomic E-state index is 12.9. The number of halogens is 1. The van der Waals surface area contributed by atoms with E-state index in [2.05, 4.69) is 5.32 Å². The molecule has 0 spiro atoms. The van der Waals surface area contributed by atoms with E-state index >= 15 is 0 Å². The van der Waals surface area contributed by atoms with Crippen molar-refractivity contribution in [2.45, 2.75) is 18.2 Å². The first-order valence-electron chi connectivity index (χ1n) is 7.59. The zero-order chi connectivity index (χ0) is 18.4. The van der Waals surface area contributed by atoms with Gasteiger partial charge in [-0.2, -0.15) is 0 Å². The Hall–Kier alpha value is -2.51. The van der Waals surface area contributed by atoms with Crippen molar-refractivity contribution in [2.75, 3.05) is 6.54 Å². The molecule has 0 saturated heterocycles. The van der Waals surface area contributed by atoms with Gasteiger partial charge in [-0.25, -0.2) is 17.9 Å². The zero-order valence-electron chi connectivity index (χ0n) is 13.7. The number of carbonyl (C=O) groups is 1. The fraction of sp³-hybridized carbons (Fsp3) is 0.167. The lowest BCUT2D eigenvalue weighted by Gasteiger charge is -2.05. The van der Waals surface area contributed by atoms with Crippen LogP contribution in [0, 0.1) is 5.82 Å². The molecule has 132 valence electrons. The van der Waals surface area contributed by atoms with Crippen LogP contribution in [0.5, 0.6) is 0 Å². The van der Waals surface area contributed by atoms with E-state index in [4.69, 9.17) is 5.14 Å². The second kappa shape index (κ2) is 8.04. The number of primary sulfonamides is 1. The molecule has 5 nitrogen and oxygen atoms in total. The molecule has 0 saturated carbocycles. The first-order valence-corrected chi connectivity index (χ1v) is 9.14. The fourth-order valence-corrected chi connectivity index (χ4v) is 2.74. The van der Waals surface area contributed by atoms with Gasteiger partial charge in [0.25, 0.3) is 0 Å². The van der Waals surface area contributed by atoms with Crippen molar-refractivity contribution in [1.29, 1.82) is 0 Å². The van der Waals surface area contributed by atoms with Gasteiger partial charge >= 0.3 is 0 Å². The minimum Gasteiger partial charge on any atom is -0.352 e. The molecule has 2 aromatic carbocycles. The highest BCUT2D eigenvalue weighted by Crippen LogP contribution is 2.14. The van der Waals surface area contributed by atoms with Crippen LogP contribution in [0.2, 0.25) is 0 Å². The molecular formula is C18H19FN2O3S. The van der Waals surface area contributed by atoms with Gasteiger partial charge in [-0.1, -0.05) is 24.3 Å². The van der Waals surface area contributed by atoms with Crippen molar-refractivity contribution in [3.63, 3.8) is 0 Å². The van der Waals surface area contributed by atoms with Crippen molar-refractivity contribution in [1.82, 2.24) is 5.32 Å². The summed E-state index contributed by atoms with van der Waals surface area (Å²) in [6.45, 7) is 2.18. The van der Waals surface area contributed by atoms with Crippen LogP contribution in [0.15, 0.2) is 59.5 Å². The molecule has 2 rings (SSSR count). The summed E-state index contributed by atoms with van der Waals surface area (Å²) in [6.07, 6.45) is 2.01. The Bertz CT molecular complexity index is 874. The molecule has 0 unspecified atom stereocenters. The lowest BCUT2D eigenvalue weighted by atomic mass is 10.1. The molecule has 2 aromatic rings. The standard InChI is InChI=1S/C18H19FN2O3S/c1-13(15-4-6-16(19)7-5-15)12-18(22)21-11-10-14-2-8-17(9-3-14)25(20,23)24/h2-9,12H,10-11H2,1H3,(H,21,22)(H2,20,23,24)/b13-12+. The maximum atomic E-state index is 12.9. The zero-order valence-corrected chi connectivity index (χ0v) is 14.5. The minimum atomic E-state index is -3.70. The SMILES string of the molecule is C/C(=C\C(=O)NCCc1ccc(S(N)(=O)=O)cc1)c1ccc(F)cc1. The highest BCUT2D eigenvalue weighted by atomic mass is 32.2. The van der Waals surface area contributed by atoms with E-state index in [-0.39, 0.29) is 16.6 Å². The van der Waals surface area contributed by atoms with Gasteiger partial charge in [-0.3, -0.25) is 4.79 Å².